The summed E-state index contributed by atoms with van der Waals surface area (Å²) in [5.74, 6) is 0.659. The highest BCUT2D eigenvalue weighted by molar-refractivity contribution is 7.17. The Hall–Kier alpha value is -3.28. The van der Waals surface area contributed by atoms with Crippen LogP contribution in [0.2, 0.25) is 0 Å². The molecule has 2 aromatic carbocycles. The van der Waals surface area contributed by atoms with Crippen molar-refractivity contribution < 1.29 is 9.53 Å². The van der Waals surface area contributed by atoms with Crippen molar-refractivity contribution in [1.82, 2.24) is 20.4 Å². The molecule has 0 radical (unpaired) electrons. The molecule has 0 saturated carbocycles. The summed E-state index contributed by atoms with van der Waals surface area (Å²) >= 11 is 1.57. The molecule has 4 rings (SSSR count). The number of nitrogens with zero attached hydrogens (tertiary/aromatic N) is 4. The molecule has 1 N–H and O–H groups in total. The largest absolute Gasteiger partial charge is 0.490 e. The summed E-state index contributed by atoms with van der Waals surface area (Å²) < 4.78 is 5.70. The van der Waals surface area contributed by atoms with Crippen LogP contribution in [0.15, 0.2) is 36.4 Å². The number of nitriles is 1. The molecule has 1 amide bonds. The summed E-state index contributed by atoms with van der Waals surface area (Å²) in [4.78, 5) is 12.3. The first-order chi connectivity index (χ1) is 16.3. The molecule has 0 spiro atoms. The lowest BCUT2D eigenvalue weighted by atomic mass is 10.0. The predicted octanol–water partition coefficient (Wildman–Crippen LogP) is 4.31. The molecule has 1 aliphatic rings. The molecule has 0 saturated heterocycles. The van der Waals surface area contributed by atoms with Gasteiger partial charge in [0, 0.05) is 18.2 Å². The number of aryl methyl sites for hydroxylation is 1. The minimum atomic E-state index is 0.0289. The fourth-order valence-corrected chi connectivity index (χ4v) is 4.63. The highest BCUT2D eigenvalue weighted by atomic mass is 32.1. The highest BCUT2D eigenvalue weighted by Gasteiger charge is 2.19. The van der Waals surface area contributed by atoms with E-state index >= 15 is 0 Å². The molecule has 1 aromatic heterocycles. The first-order valence-electron chi connectivity index (χ1n) is 11.3. The van der Waals surface area contributed by atoms with E-state index in [2.05, 4.69) is 39.8 Å². The Morgan fingerprint density at radius 3 is 2.62 bits per heavy atom. The lowest BCUT2D eigenvalue weighted by Crippen LogP contribution is -2.30. The second kappa shape index (κ2) is 11.7. The molecule has 34 heavy (non-hydrogen) atoms. The van der Waals surface area contributed by atoms with Crippen molar-refractivity contribution in [3.8, 4) is 33.0 Å². The van der Waals surface area contributed by atoms with Crippen LogP contribution in [0, 0.1) is 11.3 Å². The lowest BCUT2D eigenvalue weighted by Gasteiger charge is -2.11. The molecule has 0 atom stereocenters. The van der Waals surface area contributed by atoms with Crippen molar-refractivity contribution in [2.45, 2.75) is 39.2 Å². The molecule has 0 unspecified atom stereocenters. The number of fused-ring (bicyclic) bond motifs is 1. The van der Waals surface area contributed by atoms with E-state index in [1.807, 2.05) is 51.0 Å². The number of ether oxygens (including phenoxy) is 1. The lowest BCUT2D eigenvalue weighted by molar-refractivity contribution is -0.121. The Morgan fingerprint density at radius 1 is 1.21 bits per heavy atom. The topological polar surface area (TPSA) is 91.1 Å². The van der Waals surface area contributed by atoms with Crippen molar-refractivity contribution in [3.05, 3.63) is 53.1 Å². The van der Waals surface area contributed by atoms with E-state index in [1.165, 1.54) is 23.1 Å². The van der Waals surface area contributed by atoms with Gasteiger partial charge in [-0.1, -0.05) is 29.5 Å². The average Bonchev–Trinajstić information content (AvgIpc) is 3.48. The standard InChI is InChI=1S/C21H19N3OS.C5H12N2O/c1-13(2)25-19-10-9-15(11-16(19)12-22)20-23-24-21(26-20)18-8-4-6-14-5-3-7-17(14)18;1-6-5(8)4-7(2)3/h4,6,8-11,13H,3,5,7H2,1-2H3;4H2,1-3H3,(H,6,8). The Balaban J connectivity index is 0.000000350. The maximum absolute atomic E-state index is 10.5. The number of rotatable bonds is 6. The zero-order chi connectivity index (χ0) is 24.7. The number of amides is 1. The second-order valence-electron chi connectivity index (χ2n) is 8.61. The molecule has 1 aliphatic carbocycles. The maximum Gasteiger partial charge on any atom is 0.233 e. The van der Waals surface area contributed by atoms with Gasteiger partial charge in [-0.2, -0.15) is 5.26 Å². The number of hydrogen-bond donors (Lipinski definition) is 1. The van der Waals surface area contributed by atoms with Crippen LogP contribution < -0.4 is 10.1 Å². The molecular formula is C26H31N5O2S. The van der Waals surface area contributed by atoms with E-state index in [9.17, 15) is 10.1 Å². The van der Waals surface area contributed by atoms with Gasteiger partial charge in [-0.15, -0.1) is 10.2 Å². The van der Waals surface area contributed by atoms with E-state index in [-0.39, 0.29) is 12.0 Å². The van der Waals surface area contributed by atoms with Crippen LogP contribution in [0.5, 0.6) is 5.75 Å². The Labute approximate surface area is 205 Å². The molecule has 178 valence electrons. The third kappa shape index (κ3) is 6.40. The normalized spacial score (nSPS) is 12.1. The van der Waals surface area contributed by atoms with Crippen molar-refractivity contribution in [3.63, 3.8) is 0 Å². The van der Waals surface area contributed by atoms with Crippen LogP contribution in [0.4, 0.5) is 0 Å². The van der Waals surface area contributed by atoms with Gasteiger partial charge in [0.15, 0.2) is 0 Å². The van der Waals surface area contributed by atoms with Gasteiger partial charge in [0.05, 0.1) is 18.2 Å². The van der Waals surface area contributed by atoms with Gasteiger partial charge in [0.25, 0.3) is 0 Å². The van der Waals surface area contributed by atoms with E-state index in [4.69, 9.17) is 4.74 Å². The number of benzene rings is 2. The summed E-state index contributed by atoms with van der Waals surface area (Å²) in [7, 11) is 5.34. The number of hydrogen-bond acceptors (Lipinski definition) is 7. The van der Waals surface area contributed by atoms with Gasteiger partial charge in [-0.25, -0.2) is 0 Å². The maximum atomic E-state index is 10.5. The van der Waals surface area contributed by atoms with Crippen LogP contribution >= 0.6 is 11.3 Å². The molecular weight excluding hydrogens is 446 g/mol. The van der Waals surface area contributed by atoms with Crippen LogP contribution in [-0.2, 0) is 17.6 Å². The number of aromatic nitrogens is 2. The summed E-state index contributed by atoms with van der Waals surface area (Å²) in [6.07, 6.45) is 3.50. The number of nitrogens with one attached hydrogen (secondary N) is 1. The number of carbonyl (C=O) groups excluding carboxylic acids is 1. The first-order valence-corrected chi connectivity index (χ1v) is 12.1. The molecule has 3 aromatic rings. The van der Waals surface area contributed by atoms with Gasteiger partial charge in [0.1, 0.15) is 21.8 Å². The molecule has 8 heteroatoms. The SMILES string of the molecule is CC(C)Oc1ccc(-c2nnc(-c3cccc4c3CCC4)s2)cc1C#N.CNC(=O)CN(C)C. The second-order valence-corrected chi connectivity index (χ2v) is 9.59. The molecule has 7 nitrogen and oxygen atoms in total. The summed E-state index contributed by atoms with van der Waals surface area (Å²) in [6, 6.07) is 14.3. The predicted molar refractivity (Wildman–Crippen MR) is 136 cm³/mol. The monoisotopic (exact) mass is 477 g/mol. The Kier molecular flexibility index (Phi) is 8.74. The van der Waals surface area contributed by atoms with E-state index in [0.717, 1.165) is 28.4 Å². The number of carbonyl (C=O) groups is 1. The fraction of sp³-hybridized carbons (Fsp3) is 0.385. The first kappa shape index (κ1) is 25.3. The van der Waals surface area contributed by atoms with E-state index in [1.54, 1.807) is 18.4 Å². The minimum Gasteiger partial charge on any atom is -0.490 e. The zero-order valence-electron chi connectivity index (χ0n) is 20.4. The highest BCUT2D eigenvalue weighted by Crippen LogP contribution is 2.37. The van der Waals surface area contributed by atoms with Crippen molar-refractivity contribution in [2.24, 2.45) is 0 Å². The zero-order valence-corrected chi connectivity index (χ0v) is 21.2. The van der Waals surface area contributed by atoms with Crippen molar-refractivity contribution in [1.29, 1.82) is 5.26 Å². The van der Waals surface area contributed by atoms with Gasteiger partial charge < -0.3 is 15.0 Å². The summed E-state index contributed by atoms with van der Waals surface area (Å²) in [6.45, 7) is 4.37. The van der Waals surface area contributed by atoms with Crippen molar-refractivity contribution >= 4 is 17.2 Å². The van der Waals surface area contributed by atoms with Gasteiger partial charge in [-0.3, -0.25) is 4.79 Å². The van der Waals surface area contributed by atoms with E-state index < -0.39 is 0 Å². The third-order valence-electron chi connectivity index (χ3n) is 5.25. The van der Waals surface area contributed by atoms with Crippen LogP contribution in [0.3, 0.4) is 0 Å². The Bertz CT molecular complexity index is 1180. The smallest absolute Gasteiger partial charge is 0.233 e. The van der Waals surface area contributed by atoms with Crippen LogP contribution in [0.1, 0.15) is 37.0 Å². The number of likely N-dealkylation sites (N-methyl/N-ethyl adjacent to an activating group) is 2. The van der Waals surface area contributed by atoms with E-state index in [0.29, 0.717) is 17.9 Å². The van der Waals surface area contributed by atoms with Gasteiger partial charge in [-0.05, 0) is 76.5 Å². The van der Waals surface area contributed by atoms with Crippen LogP contribution in [0.25, 0.3) is 21.1 Å². The minimum absolute atomic E-state index is 0.0289. The molecule has 0 fully saturated rings. The average molecular weight is 478 g/mol. The molecule has 1 heterocycles. The van der Waals surface area contributed by atoms with Gasteiger partial charge in [0.2, 0.25) is 5.91 Å². The summed E-state index contributed by atoms with van der Waals surface area (Å²) in [5.41, 5.74) is 5.46. The molecule has 0 aliphatic heterocycles. The fourth-order valence-electron chi connectivity index (χ4n) is 3.74. The third-order valence-corrected chi connectivity index (χ3v) is 6.26. The van der Waals surface area contributed by atoms with Gasteiger partial charge >= 0.3 is 0 Å². The molecule has 0 bridgehead atoms. The quantitative estimate of drug-likeness (QED) is 0.569. The van der Waals surface area contributed by atoms with Crippen molar-refractivity contribution in [2.75, 3.05) is 27.7 Å². The Morgan fingerprint density at radius 2 is 1.97 bits per heavy atom. The van der Waals surface area contributed by atoms with Crippen LogP contribution in [-0.4, -0.2) is 54.8 Å². The summed E-state index contributed by atoms with van der Waals surface area (Å²) in [5, 5.41) is 22.5.